The summed E-state index contributed by atoms with van der Waals surface area (Å²) < 4.78 is 0. The summed E-state index contributed by atoms with van der Waals surface area (Å²) >= 11 is 1.66. The third-order valence-corrected chi connectivity index (χ3v) is 4.25. The molecule has 20 heavy (non-hydrogen) atoms. The molecule has 1 aromatic heterocycles. The summed E-state index contributed by atoms with van der Waals surface area (Å²) in [4.78, 5) is 18.7. The highest BCUT2D eigenvalue weighted by Gasteiger charge is 2.28. The van der Waals surface area contributed by atoms with Gasteiger partial charge in [0.2, 0.25) is 5.91 Å². The first-order valence-electron chi connectivity index (χ1n) is 6.66. The second kappa shape index (κ2) is 10.4. The van der Waals surface area contributed by atoms with Crippen molar-refractivity contribution in [2.45, 2.75) is 38.1 Å². The molecule has 1 atom stereocenters. The van der Waals surface area contributed by atoms with Crippen LogP contribution < -0.4 is 5.32 Å². The van der Waals surface area contributed by atoms with Crippen LogP contribution in [-0.2, 0) is 4.79 Å². The van der Waals surface area contributed by atoms with E-state index in [0.29, 0.717) is 6.42 Å². The molecule has 2 rings (SSSR count). The monoisotopic (exact) mass is 339 g/mol. The smallest absolute Gasteiger partial charge is 0.223 e. The minimum atomic E-state index is 0. The van der Waals surface area contributed by atoms with Crippen LogP contribution >= 0.6 is 36.2 Å². The molecular formula is C13H23Cl2N3OS. The molecule has 1 saturated heterocycles. The van der Waals surface area contributed by atoms with Gasteiger partial charge in [-0.05, 0) is 39.3 Å². The highest BCUT2D eigenvalue weighted by atomic mass is 35.5. The minimum absolute atomic E-state index is 0. The van der Waals surface area contributed by atoms with Crippen LogP contribution in [0.3, 0.4) is 0 Å². The zero-order valence-corrected chi connectivity index (χ0v) is 14.2. The van der Waals surface area contributed by atoms with Crippen LogP contribution in [0, 0.1) is 0 Å². The normalized spacial score (nSPS) is 18.1. The molecule has 7 heteroatoms. The van der Waals surface area contributed by atoms with Gasteiger partial charge in [0.05, 0.1) is 6.04 Å². The summed E-state index contributed by atoms with van der Waals surface area (Å²) in [5.41, 5.74) is 0. The van der Waals surface area contributed by atoms with Crippen molar-refractivity contribution >= 4 is 42.1 Å². The highest BCUT2D eigenvalue weighted by Crippen LogP contribution is 2.32. The fraction of sp³-hybridized carbons (Fsp3) is 0.692. The van der Waals surface area contributed by atoms with Crippen LogP contribution in [0.25, 0.3) is 0 Å². The maximum atomic E-state index is 12.3. The lowest BCUT2D eigenvalue weighted by Crippen LogP contribution is -2.38. The molecular weight excluding hydrogens is 317 g/mol. The topological polar surface area (TPSA) is 45.2 Å². The Kier molecular flexibility index (Phi) is 10.2. The SMILES string of the molecule is CNCCCC(=O)N1CCCCC1c1nccs1.Cl.Cl. The Morgan fingerprint density at radius 1 is 1.50 bits per heavy atom. The number of aromatic nitrogens is 1. The van der Waals surface area contributed by atoms with Crippen LogP contribution in [0.4, 0.5) is 0 Å². The number of hydrogen-bond acceptors (Lipinski definition) is 4. The van der Waals surface area contributed by atoms with Gasteiger partial charge >= 0.3 is 0 Å². The summed E-state index contributed by atoms with van der Waals surface area (Å²) in [6, 6.07) is 0.223. The molecule has 1 aliphatic heterocycles. The number of nitrogens with zero attached hydrogens (tertiary/aromatic N) is 2. The third kappa shape index (κ3) is 5.20. The van der Waals surface area contributed by atoms with E-state index in [2.05, 4.69) is 10.3 Å². The van der Waals surface area contributed by atoms with E-state index in [4.69, 9.17) is 0 Å². The van der Waals surface area contributed by atoms with Crippen molar-refractivity contribution in [3.63, 3.8) is 0 Å². The van der Waals surface area contributed by atoms with Crippen molar-refractivity contribution in [2.75, 3.05) is 20.1 Å². The molecule has 1 fully saturated rings. The van der Waals surface area contributed by atoms with E-state index < -0.39 is 0 Å². The Morgan fingerprint density at radius 2 is 2.30 bits per heavy atom. The van der Waals surface area contributed by atoms with Gasteiger partial charge in [0, 0.05) is 24.5 Å². The molecule has 0 spiro atoms. The van der Waals surface area contributed by atoms with Gasteiger partial charge in [-0.3, -0.25) is 4.79 Å². The van der Waals surface area contributed by atoms with E-state index in [9.17, 15) is 4.79 Å². The Balaban J connectivity index is 0.00000180. The Hall–Kier alpha value is -0.360. The number of carbonyl (C=O) groups is 1. The minimum Gasteiger partial charge on any atom is -0.333 e. The molecule has 0 aliphatic carbocycles. The molecule has 0 radical (unpaired) electrons. The van der Waals surface area contributed by atoms with E-state index >= 15 is 0 Å². The average Bonchev–Trinajstić information content (AvgIpc) is 2.93. The first kappa shape index (κ1) is 19.6. The van der Waals surface area contributed by atoms with E-state index in [1.165, 1.54) is 6.42 Å². The van der Waals surface area contributed by atoms with Gasteiger partial charge in [-0.15, -0.1) is 36.2 Å². The molecule has 1 unspecified atom stereocenters. The van der Waals surface area contributed by atoms with Gasteiger partial charge in [-0.2, -0.15) is 0 Å². The Labute approximate surface area is 137 Å². The van der Waals surface area contributed by atoms with Crippen LogP contribution in [0.15, 0.2) is 11.6 Å². The molecule has 0 aromatic carbocycles. The van der Waals surface area contributed by atoms with Gasteiger partial charge in [0.1, 0.15) is 5.01 Å². The first-order chi connectivity index (χ1) is 8.83. The van der Waals surface area contributed by atoms with Gasteiger partial charge in [0.25, 0.3) is 0 Å². The number of piperidine rings is 1. The number of nitrogens with one attached hydrogen (secondary N) is 1. The fourth-order valence-corrected chi connectivity index (χ4v) is 3.23. The van der Waals surface area contributed by atoms with E-state index in [0.717, 1.165) is 37.4 Å². The summed E-state index contributed by atoms with van der Waals surface area (Å²) in [6.07, 6.45) is 6.77. The maximum absolute atomic E-state index is 12.3. The van der Waals surface area contributed by atoms with Gasteiger partial charge in [-0.25, -0.2) is 4.98 Å². The van der Waals surface area contributed by atoms with Gasteiger partial charge in [0.15, 0.2) is 0 Å². The van der Waals surface area contributed by atoms with Crippen molar-refractivity contribution in [2.24, 2.45) is 0 Å². The zero-order valence-electron chi connectivity index (χ0n) is 11.7. The largest absolute Gasteiger partial charge is 0.333 e. The molecule has 0 bridgehead atoms. The molecule has 4 nitrogen and oxygen atoms in total. The first-order valence-corrected chi connectivity index (χ1v) is 7.54. The number of rotatable bonds is 5. The van der Waals surface area contributed by atoms with E-state index in [1.807, 2.05) is 23.5 Å². The molecule has 1 N–H and O–H groups in total. The Morgan fingerprint density at radius 3 is 2.95 bits per heavy atom. The van der Waals surface area contributed by atoms with Crippen molar-refractivity contribution < 1.29 is 4.79 Å². The number of carbonyl (C=O) groups excluding carboxylic acids is 1. The predicted molar refractivity (Wildman–Crippen MR) is 88.1 cm³/mol. The van der Waals surface area contributed by atoms with Crippen molar-refractivity contribution in [3.8, 4) is 0 Å². The number of likely N-dealkylation sites (tertiary alicyclic amines) is 1. The fourth-order valence-electron chi connectivity index (χ4n) is 2.45. The molecule has 2 heterocycles. The quantitative estimate of drug-likeness (QED) is 0.838. The van der Waals surface area contributed by atoms with E-state index in [1.54, 1.807) is 11.3 Å². The van der Waals surface area contributed by atoms with Crippen molar-refractivity contribution in [1.82, 2.24) is 15.2 Å². The van der Waals surface area contributed by atoms with Crippen LogP contribution in [0.2, 0.25) is 0 Å². The summed E-state index contributed by atoms with van der Waals surface area (Å²) in [7, 11) is 1.92. The average molecular weight is 340 g/mol. The second-order valence-electron chi connectivity index (χ2n) is 4.68. The molecule has 1 aromatic rings. The lowest BCUT2D eigenvalue weighted by atomic mass is 10.0. The van der Waals surface area contributed by atoms with Gasteiger partial charge in [-0.1, -0.05) is 0 Å². The second-order valence-corrected chi connectivity index (χ2v) is 5.60. The van der Waals surface area contributed by atoms with Crippen molar-refractivity contribution in [1.29, 1.82) is 0 Å². The lowest BCUT2D eigenvalue weighted by Gasteiger charge is -2.34. The number of halogens is 2. The summed E-state index contributed by atoms with van der Waals surface area (Å²) in [6.45, 7) is 1.80. The highest BCUT2D eigenvalue weighted by molar-refractivity contribution is 7.09. The maximum Gasteiger partial charge on any atom is 0.223 e. The number of amides is 1. The molecule has 116 valence electrons. The molecule has 1 amide bonds. The standard InChI is InChI=1S/C13H21N3OS.2ClH/c1-14-7-4-6-12(17)16-9-3-2-5-11(16)13-15-8-10-18-13;;/h8,10-11,14H,2-7,9H2,1H3;2*1H. The van der Waals surface area contributed by atoms with Crippen LogP contribution in [0.1, 0.15) is 43.2 Å². The van der Waals surface area contributed by atoms with Gasteiger partial charge < -0.3 is 10.2 Å². The number of hydrogen-bond donors (Lipinski definition) is 1. The van der Waals surface area contributed by atoms with Crippen LogP contribution in [0.5, 0.6) is 0 Å². The summed E-state index contributed by atoms with van der Waals surface area (Å²) in [5, 5.41) is 6.17. The third-order valence-electron chi connectivity index (χ3n) is 3.38. The van der Waals surface area contributed by atoms with Crippen LogP contribution in [-0.4, -0.2) is 35.9 Å². The zero-order chi connectivity index (χ0) is 12.8. The molecule has 1 aliphatic rings. The lowest BCUT2D eigenvalue weighted by molar-refractivity contribution is -0.135. The number of thiazole rings is 1. The predicted octanol–water partition coefficient (Wildman–Crippen LogP) is 3.04. The Bertz CT molecular complexity index is 376. The summed E-state index contributed by atoms with van der Waals surface area (Å²) in [5.74, 6) is 0.283. The van der Waals surface area contributed by atoms with Crippen molar-refractivity contribution in [3.05, 3.63) is 16.6 Å². The molecule has 0 saturated carbocycles. The van der Waals surface area contributed by atoms with E-state index in [-0.39, 0.29) is 36.8 Å².